The minimum atomic E-state index is -0.546. The molecule has 142 valence electrons. The molecule has 4 rings (SSSR count). The Kier molecular flexibility index (Phi) is 4.69. The number of carbonyl (C=O) groups is 2. The molecular formula is C22H21N3O3. The van der Waals surface area contributed by atoms with Gasteiger partial charge >= 0.3 is 0 Å². The van der Waals surface area contributed by atoms with Gasteiger partial charge in [0.25, 0.3) is 5.91 Å². The molecule has 2 heterocycles. The van der Waals surface area contributed by atoms with E-state index in [9.17, 15) is 9.59 Å². The molecule has 0 spiro atoms. The molecule has 1 aliphatic heterocycles. The van der Waals surface area contributed by atoms with E-state index in [1.54, 1.807) is 30.0 Å². The van der Waals surface area contributed by atoms with Gasteiger partial charge in [-0.2, -0.15) is 0 Å². The number of anilines is 1. The number of methoxy groups -OCH3 is 1. The molecule has 3 aromatic rings. The Balaban J connectivity index is 1.54. The smallest absolute Gasteiger partial charge is 0.256 e. The van der Waals surface area contributed by atoms with E-state index in [1.165, 1.54) is 0 Å². The van der Waals surface area contributed by atoms with Crippen LogP contribution in [0.1, 0.15) is 17.3 Å². The molecule has 28 heavy (non-hydrogen) atoms. The second kappa shape index (κ2) is 7.31. The van der Waals surface area contributed by atoms with Crippen LogP contribution >= 0.6 is 0 Å². The first-order valence-corrected chi connectivity index (χ1v) is 9.19. The van der Waals surface area contributed by atoms with Gasteiger partial charge in [0.05, 0.1) is 18.2 Å². The van der Waals surface area contributed by atoms with Gasteiger partial charge in [0.1, 0.15) is 11.8 Å². The van der Waals surface area contributed by atoms with Crippen LogP contribution in [0.25, 0.3) is 10.9 Å². The first-order valence-electron chi connectivity index (χ1n) is 9.19. The van der Waals surface area contributed by atoms with Crippen LogP contribution < -0.4 is 9.64 Å². The highest BCUT2D eigenvalue weighted by molar-refractivity contribution is 6.04. The normalized spacial score (nSPS) is 17.1. The standard InChI is InChI=1S/C22H21N3O3/c1-15-21(26)25(18-7-9-19(28-2)10-8-18)12-11-24(15)22(27)17-13-16-5-3-4-6-20(16)23-14-17/h3-10,13-15H,11-12H2,1-2H3. The second-order valence-electron chi connectivity index (χ2n) is 6.78. The van der Waals surface area contributed by atoms with E-state index in [2.05, 4.69) is 4.98 Å². The number of nitrogens with zero attached hydrogens (tertiary/aromatic N) is 3. The van der Waals surface area contributed by atoms with Crippen LogP contribution in [0.15, 0.2) is 60.8 Å². The van der Waals surface area contributed by atoms with E-state index in [4.69, 9.17) is 4.74 Å². The van der Waals surface area contributed by atoms with Crippen LogP contribution in [-0.4, -0.2) is 47.9 Å². The van der Waals surface area contributed by atoms with E-state index in [0.29, 0.717) is 18.7 Å². The largest absolute Gasteiger partial charge is 0.497 e. The number of rotatable bonds is 3. The molecule has 1 unspecified atom stereocenters. The Morgan fingerprint density at radius 2 is 1.86 bits per heavy atom. The van der Waals surface area contributed by atoms with Crippen LogP contribution in [-0.2, 0) is 4.79 Å². The molecule has 1 aliphatic rings. The van der Waals surface area contributed by atoms with E-state index in [-0.39, 0.29) is 11.8 Å². The van der Waals surface area contributed by atoms with Gasteiger partial charge in [0.15, 0.2) is 0 Å². The Hall–Kier alpha value is -3.41. The van der Waals surface area contributed by atoms with E-state index in [1.807, 2.05) is 54.6 Å². The summed E-state index contributed by atoms with van der Waals surface area (Å²) in [6.45, 7) is 2.68. The lowest BCUT2D eigenvalue weighted by atomic mass is 10.1. The van der Waals surface area contributed by atoms with Crippen LogP contribution in [0.3, 0.4) is 0 Å². The Morgan fingerprint density at radius 3 is 2.61 bits per heavy atom. The summed E-state index contributed by atoms with van der Waals surface area (Å²) in [5.41, 5.74) is 2.14. The van der Waals surface area contributed by atoms with Gasteiger partial charge in [-0.05, 0) is 43.3 Å². The third-order valence-electron chi connectivity index (χ3n) is 5.14. The summed E-state index contributed by atoms with van der Waals surface area (Å²) in [7, 11) is 1.61. The fourth-order valence-electron chi connectivity index (χ4n) is 3.52. The lowest BCUT2D eigenvalue weighted by molar-refractivity contribution is -0.124. The average molecular weight is 375 g/mol. The molecular weight excluding hydrogens is 354 g/mol. The van der Waals surface area contributed by atoms with Gasteiger partial charge in [-0.1, -0.05) is 18.2 Å². The maximum absolute atomic E-state index is 13.0. The SMILES string of the molecule is COc1ccc(N2CCN(C(=O)c3cnc4ccccc4c3)C(C)C2=O)cc1. The highest BCUT2D eigenvalue weighted by atomic mass is 16.5. The summed E-state index contributed by atoms with van der Waals surface area (Å²) in [5.74, 6) is 0.467. The highest BCUT2D eigenvalue weighted by Gasteiger charge is 2.35. The second-order valence-corrected chi connectivity index (χ2v) is 6.78. The maximum Gasteiger partial charge on any atom is 0.256 e. The van der Waals surface area contributed by atoms with Crippen molar-refractivity contribution in [1.29, 1.82) is 0 Å². The predicted octanol–water partition coefficient (Wildman–Crippen LogP) is 3.12. The summed E-state index contributed by atoms with van der Waals surface area (Å²) in [5, 5.41) is 0.907. The fraction of sp³-hybridized carbons (Fsp3) is 0.227. The molecule has 0 bridgehead atoms. The molecule has 0 saturated carbocycles. The number of benzene rings is 2. The van der Waals surface area contributed by atoms with Crippen molar-refractivity contribution >= 4 is 28.4 Å². The molecule has 1 aromatic heterocycles. The van der Waals surface area contributed by atoms with Crippen molar-refractivity contribution < 1.29 is 14.3 Å². The monoisotopic (exact) mass is 375 g/mol. The minimum absolute atomic E-state index is 0.0986. The molecule has 6 heteroatoms. The molecule has 1 saturated heterocycles. The number of fused-ring (bicyclic) bond motifs is 1. The Morgan fingerprint density at radius 1 is 1.11 bits per heavy atom. The molecule has 0 N–H and O–H groups in total. The Labute approximate surface area is 163 Å². The number of amides is 2. The van der Waals surface area contributed by atoms with Gasteiger partial charge in [0, 0.05) is 30.4 Å². The third kappa shape index (κ3) is 3.17. The number of carbonyl (C=O) groups excluding carboxylic acids is 2. The third-order valence-corrected chi connectivity index (χ3v) is 5.14. The van der Waals surface area contributed by atoms with E-state index < -0.39 is 6.04 Å². The van der Waals surface area contributed by atoms with Crippen LogP contribution in [0.5, 0.6) is 5.75 Å². The minimum Gasteiger partial charge on any atom is -0.497 e. The Bertz CT molecular complexity index is 1030. The van der Waals surface area contributed by atoms with Crippen LogP contribution in [0.4, 0.5) is 5.69 Å². The fourth-order valence-corrected chi connectivity index (χ4v) is 3.52. The van der Waals surface area contributed by atoms with Gasteiger partial charge < -0.3 is 14.5 Å². The molecule has 0 aliphatic carbocycles. The maximum atomic E-state index is 13.0. The van der Waals surface area contributed by atoms with Crippen molar-refractivity contribution in [2.45, 2.75) is 13.0 Å². The topological polar surface area (TPSA) is 62.7 Å². The lowest BCUT2D eigenvalue weighted by Crippen LogP contribution is -2.57. The van der Waals surface area contributed by atoms with Crippen molar-refractivity contribution in [3.63, 3.8) is 0 Å². The summed E-state index contributed by atoms with van der Waals surface area (Å²) in [6.07, 6.45) is 1.58. The molecule has 1 atom stereocenters. The summed E-state index contributed by atoms with van der Waals surface area (Å²) in [4.78, 5) is 33.6. The molecule has 6 nitrogen and oxygen atoms in total. The quantitative estimate of drug-likeness (QED) is 0.706. The number of hydrogen-bond acceptors (Lipinski definition) is 4. The van der Waals surface area contributed by atoms with Crippen molar-refractivity contribution in [2.24, 2.45) is 0 Å². The van der Waals surface area contributed by atoms with Gasteiger partial charge in [-0.25, -0.2) is 0 Å². The average Bonchev–Trinajstić information content (AvgIpc) is 2.75. The zero-order valence-electron chi connectivity index (χ0n) is 15.8. The molecule has 2 aromatic carbocycles. The van der Waals surface area contributed by atoms with Crippen LogP contribution in [0.2, 0.25) is 0 Å². The number of pyridine rings is 1. The first-order chi connectivity index (χ1) is 13.6. The van der Waals surface area contributed by atoms with Gasteiger partial charge in [0.2, 0.25) is 5.91 Å². The highest BCUT2D eigenvalue weighted by Crippen LogP contribution is 2.24. The van der Waals surface area contributed by atoms with Gasteiger partial charge in [-0.3, -0.25) is 14.6 Å². The summed E-state index contributed by atoms with van der Waals surface area (Å²) in [6, 6.07) is 16.3. The van der Waals surface area contributed by atoms with Gasteiger partial charge in [-0.15, -0.1) is 0 Å². The number of para-hydroxylation sites is 1. The lowest BCUT2D eigenvalue weighted by Gasteiger charge is -2.39. The van der Waals surface area contributed by atoms with Crippen molar-refractivity contribution in [2.75, 3.05) is 25.1 Å². The van der Waals surface area contributed by atoms with Crippen molar-refractivity contribution in [3.8, 4) is 5.75 Å². The molecule has 2 amide bonds. The van der Waals surface area contributed by atoms with Crippen molar-refractivity contribution in [1.82, 2.24) is 9.88 Å². The number of ether oxygens (including phenoxy) is 1. The first kappa shape index (κ1) is 18.0. The summed E-state index contributed by atoms with van der Waals surface area (Å²) >= 11 is 0. The number of aromatic nitrogens is 1. The zero-order chi connectivity index (χ0) is 19.7. The van der Waals surface area contributed by atoms with E-state index >= 15 is 0 Å². The van der Waals surface area contributed by atoms with Crippen LogP contribution in [0, 0.1) is 0 Å². The van der Waals surface area contributed by atoms with E-state index in [0.717, 1.165) is 22.3 Å². The summed E-state index contributed by atoms with van der Waals surface area (Å²) < 4.78 is 5.17. The predicted molar refractivity (Wildman–Crippen MR) is 108 cm³/mol. The molecule has 1 fully saturated rings. The number of piperazine rings is 1. The van der Waals surface area contributed by atoms with Crippen molar-refractivity contribution in [3.05, 3.63) is 66.4 Å². The number of hydrogen-bond donors (Lipinski definition) is 0. The zero-order valence-corrected chi connectivity index (χ0v) is 15.8. The molecule has 0 radical (unpaired) electrons.